The van der Waals surface area contributed by atoms with E-state index in [9.17, 15) is 14.0 Å². The molecule has 6 nitrogen and oxygen atoms in total. The topological polar surface area (TPSA) is 84.0 Å². The van der Waals surface area contributed by atoms with Crippen molar-refractivity contribution in [2.45, 2.75) is 6.92 Å². The van der Waals surface area contributed by atoms with Gasteiger partial charge >= 0.3 is 0 Å². The molecule has 0 spiro atoms. The predicted molar refractivity (Wildman–Crippen MR) is 75.7 cm³/mol. The third kappa shape index (κ3) is 3.96. The van der Waals surface area contributed by atoms with Gasteiger partial charge in [0.2, 0.25) is 5.91 Å². The lowest BCUT2D eigenvalue weighted by Crippen LogP contribution is -2.15. The Hall–Kier alpha value is -2.54. The first kappa shape index (κ1) is 14.9. The minimum Gasteiger partial charge on any atom is -0.326 e. The summed E-state index contributed by atoms with van der Waals surface area (Å²) in [6.07, 6.45) is 2.48. The number of rotatable bonds is 3. The molecule has 0 aliphatic carbocycles. The smallest absolute Gasteiger partial charge is 0.276 e. The number of aromatic nitrogens is 2. The van der Waals surface area contributed by atoms with Crippen molar-refractivity contribution in [3.63, 3.8) is 0 Å². The summed E-state index contributed by atoms with van der Waals surface area (Å²) >= 11 is 5.63. The maximum Gasteiger partial charge on any atom is 0.276 e. The van der Waals surface area contributed by atoms with E-state index >= 15 is 0 Å². The van der Waals surface area contributed by atoms with Gasteiger partial charge in [-0.1, -0.05) is 11.6 Å². The number of carbonyl (C=O) groups is 2. The Labute approximate surface area is 124 Å². The SMILES string of the molecule is CC(=O)Nc1ccc(F)c(NC(=O)c2cncc(Cl)n2)c1. The summed E-state index contributed by atoms with van der Waals surface area (Å²) in [6.45, 7) is 1.32. The lowest BCUT2D eigenvalue weighted by atomic mass is 10.2. The zero-order valence-electron chi connectivity index (χ0n) is 10.9. The molecule has 0 saturated carbocycles. The van der Waals surface area contributed by atoms with Crippen molar-refractivity contribution in [1.82, 2.24) is 9.97 Å². The molecule has 8 heteroatoms. The maximum absolute atomic E-state index is 13.7. The van der Waals surface area contributed by atoms with E-state index in [1.807, 2.05) is 0 Å². The molecular weight excluding hydrogens is 299 g/mol. The fourth-order valence-corrected chi connectivity index (χ4v) is 1.69. The summed E-state index contributed by atoms with van der Waals surface area (Å²) in [6, 6.07) is 3.81. The Bertz CT molecular complexity index is 708. The van der Waals surface area contributed by atoms with Crippen LogP contribution < -0.4 is 10.6 Å². The number of nitrogens with zero attached hydrogens (tertiary/aromatic N) is 2. The Morgan fingerprint density at radius 1 is 1.24 bits per heavy atom. The minimum absolute atomic E-state index is 0.0492. The number of carbonyl (C=O) groups excluding carboxylic acids is 2. The first-order chi connectivity index (χ1) is 9.95. The van der Waals surface area contributed by atoms with Crippen LogP contribution in [0.5, 0.6) is 0 Å². The number of hydrogen-bond acceptors (Lipinski definition) is 4. The second-order valence-corrected chi connectivity index (χ2v) is 4.44. The second-order valence-electron chi connectivity index (χ2n) is 4.06. The molecule has 0 unspecified atom stereocenters. The highest BCUT2D eigenvalue weighted by atomic mass is 35.5. The van der Waals surface area contributed by atoms with E-state index in [0.29, 0.717) is 5.69 Å². The van der Waals surface area contributed by atoms with E-state index in [4.69, 9.17) is 11.6 Å². The molecule has 1 heterocycles. The van der Waals surface area contributed by atoms with Crippen molar-refractivity contribution in [3.05, 3.63) is 47.3 Å². The molecule has 108 valence electrons. The van der Waals surface area contributed by atoms with E-state index in [0.717, 1.165) is 6.07 Å². The van der Waals surface area contributed by atoms with Crippen LogP contribution in [-0.2, 0) is 4.79 Å². The fourth-order valence-electron chi connectivity index (χ4n) is 1.54. The van der Waals surface area contributed by atoms with Gasteiger partial charge in [-0.2, -0.15) is 0 Å². The normalized spacial score (nSPS) is 10.0. The van der Waals surface area contributed by atoms with Crippen LogP contribution in [-0.4, -0.2) is 21.8 Å². The van der Waals surface area contributed by atoms with Crippen LogP contribution in [0.1, 0.15) is 17.4 Å². The first-order valence-corrected chi connectivity index (χ1v) is 6.19. The van der Waals surface area contributed by atoms with Gasteiger partial charge in [-0.05, 0) is 18.2 Å². The number of benzene rings is 1. The molecule has 2 amide bonds. The number of hydrogen-bond donors (Lipinski definition) is 2. The molecule has 2 N–H and O–H groups in total. The number of anilines is 2. The number of halogens is 2. The highest BCUT2D eigenvalue weighted by Gasteiger charge is 2.12. The predicted octanol–water partition coefficient (Wildman–Crippen LogP) is 2.48. The zero-order valence-corrected chi connectivity index (χ0v) is 11.6. The van der Waals surface area contributed by atoms with Crippen LogP contribution >= 0.6 is 11.6 Å². The molecule has 0 radical (unpaired) electrons. The summed E-state index contributed by atoms with van der Waals surface area (Å²) in [5, 5.41) is 4.88. The molecule has 2 aromatic rings. The summed E-state index contributed by atoms with van der Waals surface area (Å²) in [7, 11) is 0. The second kappa shape index (κ2) is 6.27. The molecule has 0 saturated heterocycles. The van der Waals surface area contributed by atoms with Gasteiger partial charge in [-0.25, -0.2) is 9.37 Å². The van der Waals surface area contributed by atoms with E-state index in [-0.39, 0.29) is 22.4 Å². The van der Waals surface area contributed by atoms with Crippen LogP contribution in [0.15, 0.2) is 30.6 Å². The summed E-state index contributed by atoms with van der Waals surface area (Å²) in [4.78, 5) is 30.4. The average Bonchev–Trinajstić information content (AvgIpc) is 2.42. The monoisotopic (exact) mass is 308 g/mol. The Balaban J connectivity index is 2.22. The molecule has 21 heavy (non-hydrogen) atoms. The Kier molecular flexibility index (Phi) is 4.44. The highest BCUT2D eigenvalue weighted by molar-refractivity contribution is 6.29. The third-order valence-electron chi connectivity index (χ3n) is 2.37. The standard InChI is InChI=1S/C13H10ClFN4O2/c1-7(20)17-8-2-3-9(15)10(4-8)19-13(21)11-5-16-6-12(14)18-11/h2-6H,1H3,(H,17,20)(H,19,21). The van der Waals surface area contributed by atoms with Crippen LogP contribution in [0.3, 0.4) is 0 Å². The lowest BCUT2D eigenvalue weighted by Gasteiger charge is -2.08. The molecule has 0 bridgehead atoms. The van der Waals surface area contributed by atoms with Crippen LogP contribution in [0.2, 0.25) is 5.15 Å². The van der Waals surface area contributed by atoms with Crippen molar-refractivity contribution in [2.24, 2.45) is 0 Å². The van der Waals surface area contributed by atoms with Gasteiger partial charge in [0.15, 0.2) is 0 Å². The lowest BCUT2D eigenvalue weighted by molar-refractivity contribution is -0.114. The van der Waals surface area contributed by atoms with Gasteiger partial charge < -0.3 is 10.6 Å². The highest BCUT2D eigenvalue weighted by Crippen LogP contribution is 2.20. The van der Waals surface area contributed by atoms with Crippen molar-refractivity contribution in [3.8, 4) is 0 Å². The first-order valence-electron chi connectivity index (χ1n) is 5.82. The molecule has 2 rings (SSSR count). The Morgan fingerprint density at radius 3 is 2.67 bits per heavy atom. The van der Waals surface area contributed by atoms with E-state index in [1.54, 1.807) is 0 Å². The van der Waals surface area contributed by atoms with Crippen molar-refractivity contribution < 1.29 is 14.0 Å². The number of nitrogens with one attached hydrogen (secondary N) is 2. The summed E-state index contributed by atoms with van der Waals surface area (Å²) in [5.41, 5.74) is 0.219. The van der Waals surface area contributed by atoms with E-state index < -0.39 is 11.7 Å². The van der Waals surface area contributed by atoms with Gasteiger partial charge in [0, 0.05) is 12.6 Å². The zero-order chi connectivity index (χ0) is 15.4. The van der Waals surface area contributed by atoms with Gasteiger partial charge in [0.25, 0.3) is 5.91 Å². The quantitative estimate of drug-likeness (QED) is 0.912. The van der Waals surface area contributed by atoms with Crippen molar-refractivity contribution in [2.75, 3.05) is 10.6 Å². The molecule has 0 fully saturated rings. The van der Waals surface area contributed by atoms with Gasteiger partial charge in [0.05, 0.1) is 18.1 Å². The molecule has 1 aromatic carbocycles. The van der Waals surface area contributed by atoms with Crippen LogP contribution in [0, 0.1) is 5.82 Å². The molecule has 0 aliphatic heterocycles. The van der Waals surface area contributed by atoms with Gasteiger partial charge in [-0.15, -0.1) is 0 Å². The molecule has 0 aliphatic rings. The molecular formula is C13H10ClFN4O2. The van der Waals surface area contributed by atoms with E-state index in [1.165, 1.54) is 31.5 Å². The van der Waals surface area contributed by atoms with Gasteiger partial charge in [0.1, 0.15) is 16.7 Å². The average molecular weight is 309 g/mol. The van der Waals surface area contributed by atoms with Crippen molar-refractivity contribution in [1.29, 1.82) is 0 Å². The van der Waals surface area contributed by atoms with E-state index in [2.05, 4.69) is 20.6 Å². The minimum atomic E-state index is -0.663. The molecule has 1 aromatic heterocycles. The van der Waals surface area contributed by atoms with Crippen LogP contribution in [0.25, 0.3) is 0 Å². The summed E-state index contributed by atoms with van der Waals surface area (Å²) < 4.78 is 13.7. The largest absolute Gasteiger partial charge is 0.326 e. The van der Waals surface area contributed by atoms with Crippen molar-refractivity contribution >= 4 is 34.8 Å². The Morgan fingerprint density at radius 2 is 2.00 bits per heavy atom. The molecule has 0 atom stereocenters. The van der Waals surface area contributed by atoms with Gasteiger partial charge in [-0.3, -0.25) is 14.6 Å². The van der Waals surface area contributed by atoms with Crippen LogP contribution in [0.4, 0.5) is 15.8 Å². The number of amides is 2. The fraction of sp³-hybridized carbons (Fsp3) is 0.0769. The summed E-state index contributed by atoms with van der Waals surface area (Å²) in [5.74, 6) is -1.61. The third-order valence-corrected chi connectivity index (χ3v) is 2.55. The maximum atomic E-state index is 13.7.